The highest BCUT2D eigenvalue weighted by atomic mass is 16.1. The van der Waals surface area contributed by atoms with Gasteiger partial charge in [0.2, 0.25) is 0 Å². The van der Waals surface area contributed by atoms with E-state index < -0.39 is 0 Å². The maximum Gasteiger partial charge on any atom is 0.195 e. The van der Waals surface area contributed by atoms with E-state index in [4.69, 9.17) is 0 Å². The van der Waals surface area contributed by atoms with Crippen molar-refractivity contribution in [3.63, 3.8) is 0 Å². The van der Waals surface area contributed by atoms with Crippen molar-refractivity contribution in [2.45, 2.75) is 32.6 Å². The average molecular weight is 380 g/mol. The quantitative estimate of drug-likeness (QED) is 0.521. The van der Waals surface area contributed by atoms with Crippen LogP contribution in [0.5, 0.6) is 0 Å². The normalized spacial score (nSPS) is 14.5. The predicted octanol–water partition coefficient (Wildman–Crippen LogP) is 4.86. The van der Waals surface area contributed by atoms with Crippen LogP contribution < -0.4 is 0 Å². The molecule has 4 aromatic rings. The molecule has 2 aromatic heterocycles. The number of hydrogen-bond acceptors (Lipinski definition) is 3. The van der Waals surface area contributed by atoms with Crippen LogP contribution in [0.2, 0.25) is 0 Å². The summed E-state index contributed by atoms with van der Waals surface area (Å²) in [5.41, 5.74) is 7.43. The van der Waals surface area contributed by atoms with Crippen LogP contribution in [0.4, 0.5) is 0 Å². The molecule has 0 unspecified atom stereocenters. The SMILES string of the molecule is CCc1cc2c(cc1-c1cc[nH]n1)C(C)(C)c1[nH]c3cc(C#N)ccc3c1C2=O. The van der Waals surface area contributed by atoms with E-state index in [0.29, 0.717) is 5.56 Å². The molecule has 29 heavy (non-hydrogen) atoms. The molecule has 0 atom stereocenters. The largest absolute Gasteiger partial charge is 0.357 e. The lowest BCUT2D eigenvalue weighted by atomic mass is 9.70. The van der Waals surface area contributed by atoms with Crippen LogP contribution in [-0.2, 0) is 11.8 Å². The van der Waals surface area contributed by atoms with Gasteiger partial charge in [-0.25, -0.2) is 0 Å². The van der Waals surface area contributed by atoms with E-state index in [0.717, 1.165) is 56.5 Å². The first-order valence-corrected chi connectivity index (χ1v) is 9.74. The molecule has 5 rings (SSSR count). The summed E-state index contributed by atoms with van der Waals surface area (Å²) in [5.74, 6) is 0.0357. The van der Waals surface area contributed by atoms with Crippen molar-refractivity contribution in [2.24, 2.45) is 0 Å². The summed E-state index contributed by atoms with van der Waals surface area (Å²) in [4.78, 5) is 17.0. The summed E-state index contributed by atoms with van der Waals surface area (Å²) in [6, 6.07) is 13.7. The molecule has 0 spiro atoms. The van der Waals surface area contributed by atoms with E-state index >= 15 is 0 Å². The number of hydrogen-bond donors (Lipinski definition) is 2. The summed E-state index contributed by atoms with van der Waals surface area (Å²) in [6.45, 7) is 6.37. The van der Waals surface area contributed by atoms with Crippen LogP contribution >= 0.6 is 0 Å². The number of carbonyl (C=O) groups is 1. The second-order valence-corrected chi connectivity index (χ2v) is 8.07. The minimum Gasteiger partial charge on any atom is -0.357 e. The number of nitriles is 1. The molecule has 5 heteroatoms. The molecule has 0 amide bonds. The lowest BCUT2D eigenvalue weighted by Gasteiger charge is -2.33. The molecule has 5 nitrogen and oxygen atoms in total. The first-order valence-electron chi connectivity index (χ1n) is 9.74. The zero-order valence-corrected chi connectivity index (χ0v) is 16.6. The van der Waals surface area contributed by atoms with Crippen molar-refractivity contribution in [2.75, 3.05) is 0 Å². The third-order valence-corrected chi connectivity index (χ3v) is 6.10. The first kappa shape index (κ1) is 17.4. The topological polar surface area (TPSA) is 85.3 Å². The number of aryl methyl sites for hydroxylation is 1. The van der Waals surface area contributed by atoms with Gasteiger partial charge in [-0.3, -0.25) is 9.89 Å². The molecule has 1 aliphatic carbocycles. The van der Waals surface area contributed by atoms with E-state index in [9.17, 15) is 10.1 Å². The number of fused-ring (bicyclic) bond motifs is 4. The van der Waals surface area contributed by atoms with Gasteiger partial charge in [-0.2, -0.15) is 10.4 Å². The number of nitrogens with zero attached hydrogens (tertiary/aromatic N) is 2. The van der Waals surface area contributed by atoms with Crippen LogP contribution in [0, 0.1) is 11.3 Å². The Morgan fingerprint density at radius 1 is 1.14 bits per heavy atom. The first-order chi connectivity index (χ1) is 14.0. The summed E-state index contributed by atoms with van der Waals surface area (Å²) >= 11 is 0. The molecule has 1 aliphatic rings. The molecule has 2 N–H and O–H groups in total. The van der Waals surface area contributed by atoms with Gasteiger partial charge in [0, 0.05) is 39.3 Å². The van der Waals surface area contributed by atoms with Crippen LogP contribution in [0.25, 0.3) is 22.2 Å². The van der Waals surface area contributed by atoms with Gasteiger partial charge in [-0.05, 0) is 47.9 Å². The number of rotatable bonds is 2. The monoisotopic (exact) mass is 380 g/mol. The number of carbonyl (C=O) groups excluding carboxylic acids is 1. The van der Waals surface area contributed by atoms with Gasteiger partial charge in [-0.15, -0.1) is 0 Å². The molecule has 2 aromatic carbocycles. The van der Waals surface area contributed by atoms with Crippen molar-refractivity contribution in [3.8, 4) is 17.3 Å². The molecule has 0 radical (unpaired) electrons. The number of H-pyrrole nitrogens is 2. The van der Waals surface area contributed by atoms with Gasteiger partial charge >= 0.3 is 0 Å². The number of ketones is 1. The Morgan fingerprint density at radius 2 is 1.97 bits per heavy atom. The molecular weight excluding hydrogens is 360 g/mol. The Bertz CT molecular complexity index is 1330. The summed E-state index contributed by atoms with van der Waals surface area (Å²) < 4.78 is 0. The molecule has 0 bridgehead atoms. The van der Waals surface area contributed by atoms with Crippen molar-refractivity contribution in [1.29, 1.82) is 5.26 Å². The Labute approximate surface area is 168 Å². The van der Waals surface area contributed by atoms with Crippen molar-refractivity contribution >= 4 is 16.7 Å². The lowest BCUT2D eigenvalue weighted by Crippen LogP contribution is -2.30. The van der Waals surface area contributed by atoms with E-state index in [1.54, 1.807) is 6.07 Å². The lowest BCUT2D eigenvalue weighted by molar-refractivity contribution is 0.103. The van der Waals surface area contributed by atoms with Crippen LogP contribution in [0.15, 0.2) is 42.6 Å². The summed E-state index contributed by atoms with van der Waals surface area (Å²) in [5, 5.41) is 17.4. The molecular formula is C24H20N4O. The van der Waals surface area contributed by atoms with Gasteiger partial charge in [0.05, 0.1) is 22.9 Å². The fourth-order valence-corrected chi connectivity index (χ4v) is 4.53. The van der Waals surface area contributed by atoms with Crippen molar-refractivity contribution in [1.82, 2.24) is 15.2 Å². The number of nitrogens with one attached hydrogen (secondary N) is 2. The van der Waals surface area contributed by atoms with Gasteiger partial charge in [-0.1, -0.05) is 26.8 Å². The molecule has 0 saturated carbocycles. The van der Waals surface area contributed by atoms with Crippen LogP contribution in [0.1, 0.15) is 59.1 Å². The van der Waals surface area contributed by atoms with Crippen molar-refractivity contribution in [3.05, 3.63) is 76.1 Å². The average Bonchev–Trinajstić information content (AvgIpc) is 3.39. The second-order valence-electron chi connectivity index (χ2n) is 8.07. The standard InChI is InChI=1S/C24H20N4O/c1-4-14-10-17-18(11-16(14)19-7-8-26-28-19)24(2,3)23-21(22(17)29)15-6-5-13(12-25)9-20(15)27-23/h5-11,27H,4H2,1-3H3,(H,26,28). The van der Waals surface area contributed by atoms with E-state index in [-0.39, 0.29) is 11.2 Å². The smallest absolute Gasteiger partial charge is 0.195 e. The summed E-state index contributed by atoms with van der Waals surface area (Å²) in [7, 11) is 0. The molecule has 142 valence electrons. The Balaban J connectivity index is 1.81. The molecule has 0 saturated heterocycles. The highest BCUT2D eigenvalue weighted by molar-refractivity contribution is 6.20. The van der Waals surface area contributed by atoms with Gasteiger partial charge in [0.1, 0.15) is 0 Å². The predicted molar refractivity (Wildman–Crippen MR) is 112 cm³/mol. The zero-order chi connectivity index (χ0) is 20.3. The molecule has 2 heterocycles. The zero-order valence-electron chi connectivity index (χ0n) is 16.6. The number of aromatic nitrogens is 3. The van der Waals surface area contributed by atoms with E-state index in [2.05, 4.69) is 48.1 Å². The fraction of sp³-hybridized carbons (Fsp3) is 0.208. The van der Waals surface area contributed by atoms with Gasteiger partial charge < -0.3 is 4.98 Å². The van der Waals surface area contributed by atoms with Crippen molar-refractivity contribution < 1.29 is 4.79 Å². The molecule has 0 aliphatic heterocycles. The number of benzene rings is 2. The molecule has 0 fully saturated rings. The Hall–Kier alpha value is -3.65. The third kappa shape index (κ3) is 2.32. The fourth-order valence-electron chi connectivity index (χ4n) is 4.53. The maximum atomic E-state index is 13.6. The van der Waals surface area contributed by atoms with E-state index in [1.165, 1.54) is 0 Å². The van der Waals surface area contributed by atoms with Crippen LogP contribution in [-0.4, -0.2) is 21.0 Å². The highest BCUT2D eigenvalue weighted by Gasteiger charge is 2.40. The third-order valence-electron chi connectivity index (χ3n) is 6.10. The Kier molecular flexibility index (Phi) is 3.56. The van der Waals surface area contributed by atoms with Gasteiger partial charge in [0.15, 0.2) is 5.78 Å². The maximum absolute atomic E-state index is 13.6. The highest BCUT2D eigenvalue weighted by Crippen LogP contribution is 2.45. The van der Waals surface area contributed by atoms with E-state index in [1.807, 2.05) is 30.5 Å². The number of aromatic amines is 2. The second kappa shape index (κ2) is 5.92. The van der Waals surface area contributed by atoms with Gasteiger partial charge in [0.25, 0.3) is 0 Å². The van der Waals surface area contributed by atoms with Crippen LogP contribution in [0.3, 0.4) is 0 Å². The Morgan fingerprint density at radius 3 is 2.66 bits per heavy atom. The minimum absolute atomic E-state index is 0.0357. The summed E-state index contributed by atoms with van der Waals surface area (Å²) in [6.07, 6.45) is 2.63. The minimum atomic E-state index is -0.387.